The normalized spacial score (nSPS) is 16.4. The smallest absolute Gasteiger partial charge is 0.228 e. The van der Waals surface area contributed by atoms with E-state index < -0.39 is 0 Å². The van der Waals surface area contributed by atoms with Crippen molar-refractivity contribution in [1.82, 2.24) is 15.3 Å². The van der Waals surface area contributed by atoms with Crippen LogP contribution in [0.25, 0.3) is 0 Å². The Balaban J connectivity index is 1.86. The molecule has 5 nitrogen and oxygen atoms in total. The van der Waals surface area contributed by atoms with Crippen molar-refractivity contribution in [2.45, 2.75) is 33.1 Å². The number of aromatic nitrogens is 2. The van der Waals surface area contributed by atoms with E-state index in [0.717, 1.165) is 44.5 Å². The molecule has 1 aliphatic rings. The van der Waals surface area contributed by atoms with Gasteiger partial charge in [-0.2, -0.15) is 4.98 Å². The molecule has 0 atom stereocenters. The van der Waals surface area contributed by atoms with Gasteiger partial charge in [0.05, 0.1) is 6.61 Å². The van der Waals surface area contributed by atoms with E-state index in [1.807, 2.05) is 6.07 Å². The highest BCUT2D eigenvalue weighted by atomic mass is 16.5. The Morgan fingerprint density at radius 1 is 1.35 bits per heavy atom. The van der Waals surface area contributed by atoms with E-state index in [-0.39, 0.29) is 0 Å². The van der Waals surface area contributed by atoms with Crippen molar-refractivity contribution in [1.29, 1.82) is 0 Å². The van der Waals surface area contributed by atoms with Crippen LogP contribution < -0.4 is 15.0 Å². The van der Waals surface area contributed by atoms with Gasteiger partial charge in [0.1, 0.15) is 0 Å². The first-order chi connectivity index (χ1) is 9.83. The maximum absolute atomic E-state index is 5.57. The van der Waals surface area contributed by atoms with Gasteiger partial charge in [0.15, 0.2) is 0 Å². The molecule has 1 N–H and O–H groups in total. The SMILES string of the molecule is CCCOc1ccnc(N2CCC(CNCC)CC2)n1. The lowest BCUT2D eigenvalue weighted by atomic mass is 9.97. The van der Waals surface area contributed by atoms with Crippen molar-refractivity contribution in [3.8, 4) is 5.88 Å². The molecule has 0 bridgehead atoms. The summed E-state index contributed by atoms with van der Waals surface area (Å²) in [5.74, 6) is 2.28. The number of rotatable bonds is 7. The number of piperidine rings is 1. The molecule has 0 unspecified atom stereocenters. The number of ether oxygens (including phenoxy) is 1. The molecule has 20 heavy (non-hydrogen) atoms. The second-order valence-corrected chi connectivity index (χ2v) is 5.28. The van der Waals surface area contributed by atoms with E-state index in [9.17, 15) is 0 Å². The summed E-state index contributed by atoms with van der Waals surface area (Å²) in [6.45, 7) is 9.22. The van der Waals surface area contributed by atoms with Crippen LogP contribution in [0.1, 0.15) is 33.1 Å². The summed E-state index contributed by atoms with van der Waals surface area (Å²) in [7, 11) is 0. The Labute approximate surface area is 121 Å². The first kappa shape index (κ1) is 15.0. The molecular formula is C15H26N4O. The molecule has 0 radical (unpaired) electrons. The average Bonchev–Trinajstić information content (AvgIpc) is 2.52. The molecule has 0 aromatic carbocycles. The number of nitrogens with zero attached hydrogens (tertiary/aromatic N) is 3. The van der Waals surface area contributed by atoms with Crippen molar-refractivity contribution in [3.05, 3.63) is 12.3 Å². The van der Waals surface area contributed by atoms with Gasteiger partial charge >= 0.3 is 0 Å². The van der Waals surface area contributed by atoms with E-state index in [0.29, 0.717) is 12.5 Å². The van der Waals surface area contributed by atoms with E-state index in [4.69, 9.17) is 4.74 Å². The van der Waals surface area contributed by atoms with Crippen molar-refractivity contribution < 1.29 is 4.74 Å². The molecule has 0 spiro atoms. The highest BCUT2D eigenvalue weighted by Crippen LogP contribution is 2.21. The highest BCUT2D eigenvalue weighted by Gasteiger charge is 2.20. The highest BCUT2D eigenvalue weighted by molar-refractivity contribution is 5.32. The molecule has 1 aromatic heterocycles. The lowest BCUT2D eigenvalue weighted by Crippen LogP contribution is -2.38. The van der Waals surface area contributed by atoms with Gasteiger partial charge in [-0.3, -0.25) is 0 Å². The molecule has 1 fully saturated rings. The predicted molar refractivity (Wildman–Crippen MR) is 81.3 cm³/mol. The van der Waals surface area contributed by atoms with Gasteiger partial charge in [0, 0.05) is 25.4 Å². The predicted octanol–water partition coefficient (Wildman–Crippen LogP) is 2.09. The molecule has 1 aliphatic heterocycles. The summed E-state index contributed by atoms with van der Waals surface area (Å²) in [4.78, 5) is 11.1. The van der Waals surface area contributed by atoms with Crippen molar-refractivity contribution >= 4 is 5.95 Å². The van der Waals surface area contributed by atoms with Crippen LogP contribution in [0.4, 0.5) is 5.95 Å². The third kappa shape index (κ3) is 4.34. The van der Waals surface area contributed by atoms with Gasteiger partial charge in [-0.05, 0) is 38.3 Å². The maximum atomic E-state index is 5.57. The number of nitrogens with one attached hydrogen (secondary N) is 1. The summed E-state index contributed by atoms with van der Waals surface area (Å²) in [5, 5.41) is 3.44. The number of hydrogen-bond donors (Lipinski definition) is 1. The summed E-state index contributed by atoms with van der Waals surface area (Å²) < 4.78 is 5.57. The zero-order chi connectivity index (χ0) is 14.2. The van der Waals surface area contributed by atoms with Gasteiger partial charge in [-0.1, -0.05) is 13.8 Å². The van der Waals surface area contributed by atoms with Crippen molar-refractivity contribution in [2.24, 2.45) is 5.92 Å². The van der Waals surface area contributed by atoms with Crippen molar-refractivity contribution in [3.63, 3.8) is 0 Å². The van der Waals surface area contributed by atoms with Gasteiger partial charge in [-0.15, -0.1) is 0 Å². The quantitative estimate of drug-likeness (QED) is 0.827. The van der Waals surface area contributed by atoms with Crippen LogP contribution >= 0.6 is 0 Å². The van der Waals surface area contributed by atoms with E-state index in [1.54, 1.807) is 6.20 Å². The summed E-state index contributed by atoms with van der Waals surface area (Å²) in [6, 6.07) is 1.83. The number of anilines is 1. The Bertz CT molecular complexity index is 391. The lowest BCUT2D eigenvalue weighted by molar-refractivity contribution is 0.304. The Kier molecular flexibility index (Phi) is 6.05. The number of hydrogen-bond acceptors (Lipinski definition) is 5. The first-order valence-corrected chi connectivity index (χ1v) is 7.75. The van der Waals surface area contributed by atoms with Gasteiger partial charge in [-0.25, -0.2) is 4.98 Å². The molecule has 1 aromatic rings. The van der Waals surface area contributed by atoms with E-state index in [1.165, 1.54) is 12.8 Å². The first-order valence-electron chi connectivity index (χ1n) is 7.75. The third-order valence-corrected chi connectivity index (χ3v) is 3.65. The zero-order valence-corrected chi connectivity index (χ0v) is 12.6. The topological polar surface area (TPSA) is 50.3 Å². The Morgan fingerprint density at radius 2 is 2.15 bits per heavy atom. The molecule has 0 saturated carbocycles. The Morgan fingerprint density at radius 3 is 2.85 bits per heavy atom. The van der Waals surface area contributed by atoms with Crippen LogP contribution in [-0.4, -0.2) is 42.8 Å². The van der Waals surface area contributed by atoms with Crippen LogP contribution in [0.5, 0.6) is 5.88 Å². The average molecular weight is 278 g/mol. The van der Waals surface area contributed by atoms with Crippen LogP contribution in [0, 0.1) is 5.92 Å². The summed E-state index contributed by atoms with van der Waals surface area (Å²) in [5.41, 5.74) is 0. The maximum Gasteiger partial charge on any atom is 0.228 e. The fourth-order valence-corrected chi connectivity index (χ4v) is 2.46. The second-order valence-electron chi connectivity index (χ2n) is 5.28. The van der Waals surface area contributed by atoms with Crippen molar-refractivity contribution in [2.75, 3.05) is 37.7 Å². The zero-order valence-electron chi connectivity index (χ0n) is 12.6. The molecule has 5 heteroatoms. The molecule has 0 amide bonds. The van der Waals surface area contributed by atoms with Crippen LogP contribution in [0.3, 0.4) is 0 Å². The standard InChI is InChI=1S/C15H26N4O/c1-3-11-20-14-5-8-17-15(18-14)19-9-6-13(7-10-19)12-16-4-2/h5,8,13,16H,3-4,6-7,9-12H2,1-2H3. The van der Waals surface area contributed by atoms with Gasteiger partial charge in [0.25, 0.3) is 0 Å². The Hall–Kier alpha value is -1.36. The molecule has 2 heterocycles. The van der Waals surface area contributed by atoms with Crippen LogP contribution in [-0.2, 0) is 0 Å². The largest absolute Gasteiger partial charge is 0.478 e. The fraction of sp³-hybridized carbons (Fsp3) is 0.733. The van der Waals surface area contributed by atoms with E-state index in [2.05, 4.69) is 34.0 Å². The minimum absolute atomic E-state index is 0.687. The van der Waals surface area contributed by atoms with E-state index >= 15 is 0 Å². The van der Waals surface area contributed by atoms with Gasteiger partial charge in [0.2, 0.25) is 11.8 Å². The van der Waals surface area contributed by atoms with Crippen LogP contribution in [0.15, 0.2) is 12.3 Å². The fourth-order valence-electron chi connectivity index (χ4n) is 2.46. The summed E-state index contributed by atoms with van der Waals surface area (Å²) >= 11 is 0. The molecule has 2 rings (SSSR count). The lowest BCUT2D eigenvalue weighted by Gasteiger charge is -2.32. The van der Waals surface area contributed by atoms with Gasteiger partial charge < -0.3 is 15.0 Å². The third-order valence-electron chi connectivity index (χ3n) is 3.65. The van der Waals surface area contributed by atoms with Crippen LogP contribution in [0.2, 0.25) is 0 Å². The molecular weight excluding hydrogens is 252 g/mol. The molecule has 1 saturated heterocycles. The summed E-state index contributed by atoms with van der Waals surface area (Å²) in [6.07, 6.45) is 5.19. The monoisotopic (exact) mass is 278 g/mol. The molecule has 112 valence electrons. The minimum atomic E-state index is 0.687. The minimum Gasteiger partial charge on any atom is -0.478 e. The second kappa shape index (κ2) is 8.04. The molecule has 0 aliphatic carbocycles.